The smallest absolute Gasteiger partial charge is 0.304 e. The molecular weight excluding hydrogens is 308 g/mol. The summed E-state index contributed by atoms with van der Waals surface area (Å²) in [6.45, 7) is 2.12. The van der Waals surface area contributed by atoms with Gasteiger partial charge in [0.2, 0.25) is 11.8 Å². The summed E-state index contributed by atoms with van der Waals surface area (Å²) in [6.07, 6.45) is 0.936. The molecule has 0 aromatic heterocycles. The van der Waals surface area contributed by atoms with Gasteiger partial charge in [-0.2, -0.15) is 0 Å². The highest BCUT2D eigenvalue weighted by Gasteiger charge is 2.13. The van der Waals surface area contributed by atoms with Crippen LogP contribution in [0.1, 0.15) is 43.7 Å². The predicted octanol–water partition coefficient (Wildman–Crippen LogP) is 1.42. The van der Waals surface area contributed by atoms with Crippen LogP contribution in [0.2, 0.25) is 0 Å². The zero-order chi connectivity index (χ0) is 17.9. The summed E-state index contributed by atoms with van der Waals surface area (Å²) in [5, 5.41) is 11.4. The lowest BCUT2D eigenvalue weighted by atomic mass is 10.0. The van der Waals surface area contributed by atoms with E-state index in [1.807, 2.05) is 24.3 Å². The Balaban J connectivity index is 2.50. The molecule has 0 bridgehead atoms. The molecule has 0 aliphatic carbocycles. The summed E-state index contributed by atoms with van der Waals surface area (Å²) in [7, 11) is 0. The van der Waals surface area contributed by atoms with E-state index < -0.39 is 11.9 Å². The zero-order valence-electron chi connectivity index (χ0n) is 13.7. The van der Waals surface area contributed by atoms with Gasteiger partial charge in [-0.1, -0.05) is 30.9 Å². The summed E-state index contributed by atoms with van der Waals surface area (Å²) < 4.78 is 0. The first kappa shape index (κ1) is 19.2. The monoisotopic (exact) mass is 330 g/mol. The zero-order valence-corrected chi connectivity index (χ0v) is 13.7. The van der Waals surface area contributed by atoms with E-state index in [0.29, 0.717) is 19.4 Å². The van der Waals surface area contributed by atoms with Crippen LogP contribution in [0.25, 0.3) is 0 Å². The quantitative estimate of drug-likeness (QED) is 0.626. The lowest BCUT2D eigenvalue weighted by Crippen LogP contribution is -2.29. The number of primary amides is 1. The van der Waals surface area contributed by atoms with Gasteiger partial charge >= 0.3 is 5.97 Å². The molecule has 0 heterocycles. The number of benzene rings is 1. The number of carboxylic acid groups (broad SMARTS) is 1. The second-order valence-electron chi connectivity index (χ2n) is 5.52. The molecule has 1 aromatic rings. The number of nitrogens with two attached hydrogens (primary N) is 1. The number of hydrogen-bond donors (Lipinski definition) is 3. The molecule has 0 aliphatic rings. The fraction of sp³-hybridized carbons (Fsp3) is 0.389. The van der Waals surface area contributed by atoms with Crippen LogP contribution in [-0.4, -0.2) is 22.9 Å². The highest BCUT2D eigenvalue weighted by atomic mass is 16.4. The molecular formula is C18H22N2O4. The third kappa shape index (κ3) is 7.99. The first-order chi connectivity index (χ1) is 11.4. The van der Waals surface area contributed by atoms with Gasteiger partial charge in [-0.05, 0) is 24.1 Å². The van der Waals surface area contributed by atoms with Gasteiger partial charge in [0.25, 0.3) is 0 Å². The molecule has 128 valence electrons. The molecule has 0 unspecified atom stereocenters. The minimum atomic E-state index is -0.869. The number of carbonyl (C=O) groups is 3. The molecule has 0 spiro atoms. The number of amides is 2. The molecule has 1 aromatic carbocycles. The topological polar surface area (TPSA) is 109 Å². The first-order valence-corrected chi connectivity index (χ1v) is 7.74. The first-order valence-electron chi connectivity index (χ1n) is 7.74. The molecule has 6 nitrogen and oxygen atoms in total. The maximum Gasteiger partial charge on any atom is 0.304 e. The summed E-state index contributed by atoms with van der Waals surface area (Å²) in [5.74, 6) is 4.02. The van der Waals surface area contributed by atoms with Gasteiger partial charge in [-0.25, -0.2) is 0 Å². The summed E-state index contributed by atoms with van der Waals surface area (Å²) in [6, 6.07) is 7.38. The second-order valence-corrected chi connectivity index (χ2v) is 5.52. The molecule has 4 N–H and O–H groups in total. The van der Waals surface area contributed by atoms with Gasteiger partial charge < -0.3 is 16.2 Å². The average molecular weight is 330 g/mol. The molecule has 2 amide bonds. The van der Waals surface area contributed by atoms with E-state index in [2.05, 4.69) is 17.2 Å². The number of aliphatic carboxylic acids is 1. The van der Waals surface area contributed by atoms with Crippen molar-refractivity contribution in [2.45, 2.75) is 39.2 Å². The fourth-order valence-electron chi connectivity index (χ4n) is 1.95. The Hall–Kier alpha value is -2.81. The van der Waals surface area contributed by atoms with Gasteiger partial charge in [-0.15, -0.1) is 0 Å². The van der Waals surface area contributed by atoms with Crippen molar-refractivity contribution in [3.05, 3.63) is 35.4 Å². The third-order valence-corrected chi connectivity index (χ3v) is 3.36. The van der Waals surface area contributed by atoms with E-state index >= 15 is 0 Å². The van der Waals surface area contributed by atoms with Crippen molar-refractivity contribution in [3.8, 4) is 11.8 Å². The van der Waals surface area contributed by atoms with Crippen LogP contribution in [0.4, 0.5) is 0 Å². The molecule has 0 radical (unpaired) electrons. The molecule has 6 heteroatoms. The second kappa shape index (κ2) is 10.1. The van der Waals surface area contributed by atoms with Crippen molar-refractivity contribution in [1.29, 1.82) is 0 Å². The number of rotatable bonds is 8. The number of hydrogen-bond acceptors (Lipinski definition) is 3. The Bertz CT molecular complexity index is 658. The molecule has 1 rings (SSSR count). The van der Waals surface area contributed by atoms with Crippen molar-refractivity contribution in [3.63, 3.8) is 0 Å². The van der Waals surface area contributed by atoms with E-state index in [1.54, 1.807) is 6.92 Å². The highest BCUT2D eigenvalue weighted by Crippen LogP contribution is 2.07. The van der Waals surface area contributed by atoms with Crippen molar-refractivity contribution >= 4 is 17.8 Å². The molecule has 24 heavy (non-hydrogen) atoms. The molecule has 0 aliphatic heterocycles. The van der Waals surface area contributed by atoms with Gasteiger partial charge in [0.1, 0.15) is 0 Å². The molecule has 1 atom stereocenters. The van der Waals surface area contributed by atoms with Crippen LogP contribution < -0.4 is 11.1 Å². The fourth-order valence-corrected chi connectivity index (χ4v) is 1.95. The summed E-state index contributed by atoms with van der Waals surface area (Å²) >= 11 is 0. The minimum Gasteiger partial charge on any atom is -0.481 e. The Morgan fingerprint density at radius 3 is 2.71 bits per heavy atom. The summed E-state index contributed by atoms with van der Waals surface area (Å²) in [4.78, 5) is 33.1. The highest BCUT2D eigenvalue weighted by molar-refractivity contribution is 5.79. The SMILES string of the molecule is C[C@@H](CCC(N)=O)C(=O)NCc1cccc(C#CCCC(=O)O)c1. The van der Waals surface area contributed by atoms with E-state index in [0.717, 1.165) is 11.1 Å². The van der Waals surface area contributed by atoms with E-state index in [-0.39, 0.29) is 24.7 Å². The van der Waals surface area contributed by atoms with E-state index in [4.69, 9.17) is 10.8 Å². The van der Waals surface area contributed by atoms with Gasteiger partial charge in [0.15, 0.2) is 0 Å². The standard InChI is InChI=1S/C18H22N2O4/c1-13(9-10-16(19)21)18(24)20-12-15-7-4-6-14(11-15)5-2-3-8-17(22)23/h4,6-7,11,13H,3,8-10,12H2,1H3,(H2,19,21)(H,20,24)(H,22,23)/t13-/m0/s1. The van der Waals surface area contributed by atoms with Crippen LogP contribution in [0.3, 0.4) is 0 Å². The Morgan fingerprint density at radius 2 is 2.04 bits per heavy atom. The van der Waals surface area contributed by atoms with Crippen LogP contribution in [0, 0.1) is 17.8 Å². The number of nitrogens with one attached hydrogen (secondary N) is 1. The van der Waals surface area contributed by atoms with Crippen LogP contribution in [-0.2, 0) is 20.9 Å². The minimum absolute atomic E-state index is 0.0198. The maximum atomic E-state index is 11.9. The van der Waals surface area contributed by atoms with Crippen molar-refractivity contribution in [2.24, 2.45) is 11.7 Å². The lowest BCUT2D eigenvalue weighted by Gasteiger charge is -2.11. The van der Waals surface area contributed by atoms with Gasteiger partial charge in [0.05, 0.1) is 6.42 Å². The third-order valence-electron chi connectivity index (χ3n) is 3.36. The molecule has 0 saturated carbocycles. The van der Waals surface area contributed by atoms with E-state index in [1.165, 1.54) is 0 Å². The average Bonchev–Trinajstić information content (AvgIpc) is 2.54. The van der Waals surface area contributed by atoms with Crippen molar-refractivity contribution < 1.29 is 19.5 Å². The molecule has 0 fully saturated rings. The van der Waals surface area contributed by atoms with Gasteiger partial charge in [0, 0.05) is 30.9 Å². The number of carboxylic acids is 1. The largest absolute Gasteiger partial charge is 0.481 e. The van der Waals surface area contributed by atoms with Crippen LogP contribution >= 0.6 is 0 Å². The predicted molar refractivity (Wildman–Crippen MR) is 89.6 cm³/mol. The Morgan fingerprint density at radius 1 is 1.29 bits per heavy atom. The molecule has 0 saturated heterocycles. The van der Waals surface area contributed by atoms with Crippen LogP contribution in [0.5, 0.6) is 0 Å². The van der Waals surface area contributed by atoms with Crippen molar-refractivity contribution in [1.82, 2.24) is 5.32 Å². The Labute approximate surface area is 141 Å². The Kier molecular flexibility index (Phi) is 8.06. The van der Waals surface area contributed by atoms with Crippen molar-refractivity contribution in [2.75, 3.05) is 0 Å². The lowest BCUT2D eigenvalue weighted by molar-refractivity contribution is -0.137. The normalized spacial score (nSPS) is 11.0. The summed E-state index contributed by atoms with van der Waals surface area (Å²) in [5.41, 5.74) is 6.74. The number of carbonyl (C=O) groups excluding carboxylic acids is 2. The maximum absolute atomic E-state index is 11.9. The van der Waals surface area contributed by atoms with E-state index in [9.17, 15) is 14.4 Å². The van der Waals surface area contributed by atoms with Crippen LogP contribution in [0.15, 0.2) is 24.3 Å². The van der Waals surface area contributed by atoms with Gasteiger partial charge in [-0.3, -0.25) is 14.4 Å².